The summed E-state index contributed by atoms with van der Waals surface area (Å²) in [4.78, 5) is 15.7. The van der Waals surface area contributed by atoms with Gasteiger partial charge in [0.05, 0.1) is 12.2 Å². The zero-order valence-corrected chi connectivity index (χ0v) is 14.5. The van der Waals surface area contributed by atoms with Crippen LogP contribution >= 0.6 is 41.7 Å². The van der Waals surface area contributed by atoms with Gasteiger partial charge in [0.1, 0.15) is 5.04 Å². The summed E-state index contributed by atoms with van der Waals surface area (Å²) in [5.74, 6) is 0.269. The molecule has 2 N–H and O–H groups in total. The molecule has 0 rings (SSSR count). The monoisotopic (exact) mass is 347 g/mol. The molecule has 1 unspecified atom stereocenters. The van der Waals surface area contributed by atoms with E-state index in [-0.39, 0.29) is 12.2 Å². The second-order valence-corrected chi connectivity index (χ2v) is 9.84. The van der Waals surface area contributed by atoms with Crippen molar-refractivity contribution in [1.29, 1.82) is 0 Å². The van der Waals surface area contributed by atoms with Crippen molar-refractivity contribution in [2.75, 3.05) is 31.8 Å². The van der Waals surface area contributed by atoms with Crippen LogP contribution in [-0.2, 0) is 13.9 Å². The van der Waals surface area contributed by atoms with Crippen molar-refractivity contribution in [2.24, 2.45) is 5.16 Å². The quantitative estimate of drug-likeness (QED) is 0.101. The number of nitrogens with zero attached hydrogens (tertiary/aromatic N) is 1. The molecule has 0 aromatic rings. The highest BCUT2D eigenvalue weighted by Crippen LogP contribution is 2.56. The lowest BCUT2D eigenvalue weighted by Crippen LogP contribution is -2.24. The molecule has 1 atom stereocenters. The predicted molar refractivity (Wildman–Crippen MR) is 84.8 cm³/mol. The number of nitrogens with one attached hydrogen (secondary N) is 2. The number of thioether (sulfide) groups is 1. The van der Waals surface area contributed by atoms with E-state index >= 15 is 0 Å². The van der Waals surface area contributed by atoms with E-state index in [1.54, 1.807) is 13.2 Å². The number of carbonyl (C=O) groups excluding carboxylic acids is 1. The molecule has 11 heteroatoms. The topological polar surface area (TPSA) is 89.0 Å². The second kappa shape index (κ2) is 10.9. The van der Waals surface area contributed by atoms with Crippen LogP contribution in [0.4, 0.5) is 4.79 Å². The normalized spacial score (nSPS) is 14.8. The minimum absolute atomic E-state index is 0.218. The number of hydrogen-bond donors (Lipinski definition) is 2. The first-order chi connectivity index (χ1) is 8.97. The third-order valence-electron chi connectivity index (χ3n) is 1.76. The van der Waals surface area contributed by atoms with Gasteiger partial charge < -0.3 is 9.84 Å². The van der Waals surface area contributed by atoms with Crippen molar-refractivity contribution in [1.82, 2.24) is 10.0 Å². The fourth-order valence-electron chi connectivity index (χ4n) is 0.650. The smallest absolute Gasteiger partial charge is 0.324 e. The second-order valence-electron chi connectivity index (χ2n) is 2.94. The molecule has 0 aromatic heterocycles. The van der Waals surface area contributed by atoms with Crippen LogP contribution < -0.4 is 10.0 Å². The number of amides is 1. The van der Waals surface area contributed by atoms with Crippen molar-refractivity contribution in [3.05, 3.63) is 0 Å². The Kier molecular flexibility index (Phi) is 11.0. The molecule has 0 bridgehead atoms. The van der Waals surface area contributed by atoms with Crippen molar-refractivity contribution in [2.45, 2.75) is 6.92 Å². The Bertz CT molecular complexity index is 348. The van der Waals surface area contributed by atoms with Crippen LogP contribution in [0.15, 0.2) is 5.16 Å². The lowest BCUT2D eigenvalue weighted by atomic mass is 10.9. The molecule has 0 aromatic carbocycles. The number of hydrogen-bond acceptors (Lipinski definition) is 9. The van der Waals surface area contributed by atoms with Crippen molar-refractivity contribution >= 4 is 52.8 Å². The van der Waals surface area contributed by atoms with Crippen molar-refractivity contribution in [3.8, 4) is 0 Å². The first-order valence-corrected chi connectivity index (χ1v) is 10.9. The molecule has 0 aliphatic carbocycles. The Hall–Kier alpha value is 0.140. The Morgan fingerprint density at radius 3 is 2.63 bits per heavy atom. The van der Waals surface area contributed by atoms with Gasteiger partial charge in [0.15, 0.2) is 0 Å². The molecule has 0 heterocycles. The summed E-state index contributed by atoms with van der Waals surface area (Å²) in [5, 5.41) is 6.70. The Morgan fingerprint density at radius 1 is 1.42 bits per heavy atom. The SMILES string of the molecule is COP(=O)(CNSCNC(=O)ON=C(C)SC)SC. The van der Waals surface area contributed by atoms with Crippen molar-refractivity contribution < 1.29 is 18.7 Å². The van der Waals surface area contributed by atoms with Gasteiger partial charge in [-0.1, -0.05) is 28.5 Å². The molecule has 0 fully saturated rings. The van der Waals surface area contributed by atoms with Gasteiger partial charge in [0, 0.05) is 7.11 Å². The van der Waals surface area contributed by atoms with Gasteiger partial charge in [-0.3, -0.25) is 14.1 Å². The van der Waals surface area contributed by atoms with Crippen LogP contribution in [0.1, 0.15) is 6.92 Å². The summed E-state index contributed by atoms with van der Waals surface area (Å²) in [6.07, 6.45) is 3.14. The minimum atomic E-state index is -2.66. The highest BCUT2D eigenvalue weighted by molar-refractivity contribution is 8.56. The van der Waals surface area contributed by atoms with E-state index in [0.717, 1.165) is 0 Å². The van der Waals surface area contributed by atoms with Gasteiger partial charge in [-0.25, -0.2) is 4.79 Å². The third kappa shape index (κ3) is 9.64. The van der Waals surface area contributed by atoms with Gasteiger partial charge in [-0.05, 0) is 19.4 Å². The van der Waals surface area contributed by atoms with Crippen LogP contribution in [-0.4, -0.2) is 42.9 Å². The number of carbonyl (C=O) groups is 1. The van der Waals surface area contributed by atoms with E-state index in [4.69, 9.17) is 4.52 Å². The van der Waals surface area contributed by atoms with Crippen LogP contribution in [0, 0.1) is 0 Å². The summed E-state index contributed by atoms with van der Waals surface area (Å²) in [7, 11) is 1.41. The lowest BCUT2D eigenvalue weighted by molar-refractivity contribution is 0.153. The standard InChI is InChI=1S/C8H18N3O4PS3/c1-7(17-3)11-15-8(12)9-6-19-10-5-16(13,14-2)18-4/h10H,5-6H2,1-4H3,(H,9,12). The van der Waals surface area contributed by atoms with E-state index in [2.05, 4.69) is 20.0 Å². The zero-order valence-electron chi connectivity index (χ0n) is 11.2. The van der Waals surface area contributed by atoms with Crippen LogP contribution in [0.3, 0.4) is 0 Å². The largest absolute Gasteiger partial charge is 0.434 e. The molecule has 0 saturated carbocycles. The molecule has 0 radical (unpaired) electrons. The maximum atomic E-state index is 11.8. The van der Waals surface area contributed by atoms with Gasteiger partial charge in [-0.2, -0.15) is 0 Å². The van der Waals surface area contributed by atoms with E-state index in [0.29, 0.717) is 5.04 Å². The van der Waals surface area contributed by atoms with Gasteiger partial charge in [0.2, 0.25) is 0 Å². The van der Waals surface area contributed by atoms with Crippen molar-refractivity contribution in [3.63, 3.8) is 0 Å². The number of oxime groups is 1. The number of rotatable bonds is 8. The van der Waals surface area contributed by atoms with Crippen LogP contribution in [0.25, 0.3) is 0 Å². The molecule has 0 spiro atoms. The molecule has 1 amide bonds. The molecule has 19 heavy (non-hydrogen) atoms. The Labute approximate surface area is 125 Å². The molecular weight excluding hydrogens is 329 g/mol. The van der Waals surface area contributed by atoms with E-state index in [1.165, 1.54) is 42.2 Å². The summed E-state index contributed by atoms with van der Waals surface area (Å²) in [5.41, 5.74) is 0. The predicted octanol–water partition coefficient (Wildman–Crippen LogP) is 2.76. The summed E-state index contributed by atoms with van der Waals surface area (Å²) in [6, 6.07) is 0. The highest BCUT2D eigenvalue weighted by atomic mass is 32.7. The average Bonchev–Trinajstić information content (AvgIpc) is 2.43. The summed E-state index contributed by atoms with van der Waals surface area (Å²) >= 11 is 3.76. The van der Waals surface area contributed by atoms with Crippen LogP contribution in [0.2, 0.25) is 0 Å². The van der Waals surface area contributed by atoms with E-state index in [9.17, 15) is 9.36 Å². The molecular formula is C8H18N3O4PS3. The molecule has 0 saturated heterocycles. The fraction of sp³-hybridized carbons (Fsp3) is 0.750. The maximum absolute atomic E-state index is 11.8. The first kappa shape index (κ1) is 19.1. The maximum Gasteiger partial charge on any atom is 0.434 e. The average molecular weight is 347 g/mol. The fourth-order valence-corrected chi connectivity index (χ4v) is 3.77. The zero-order chi connectivity index (χ0) is 14.7. The summed E-state index contributed by atoms with van der Waals surface area (Å²) in [6.45, 7) is -0.924. The minimum Gasteiger partial charge on any atom is -0.324 e. The van der Waals surface area contributed by atoms with E-state index in [1.807, 2.05) is 6.26 Å². The Balaban J connectivity index is 3.70. The molecule has 112 valence electrons. The van der Waals surface area contributed by atoms with Gasteiger partial charge in [0.25, 0.3) is 6.57 Å². The first-order valence-electron chi connectivity index (χ1n) is 5.06. The molecule has 7 nitrogen and oxygen atoms in total. The molecule has 0 aliphatic heterocycles. The highest BCUT2D eigenvalue weighted by Gasteiger charge is 2.18. The summed E-state index contributed by atoms with van der Waals surface area (Å²) < 4.78 is 19.6. The Morgan fingerprint density at radius 2 is 2.11 bits per heavy atom. The third-order valence-corrected chi connectivity index (χ3v) is 7.44. The van der Waals surface area contributed by atoms with Gasteiger partial charge in [-0.15, -0.1) is 11.8 Å². The lowest BCUT2D eigenvalue weighted by Gasteiger charge is -2.13. The van der Waals surface area contributed by atoms with Gasteiger partial charge >= 0.3 is 6.09 Å². The molecule has 0 aliphatic rings. The van der Waals surface area contributed by atoms with E-state index < -0.39 is 12.7 Å². The van der Waals surface area contributed by atoms with Crippen LogP contribution in [0.5, 0.6) is 0 Å².